The van der Waals surface area contributed by atoms with Gasteiger partial charge in [0.05, 0.1) is 13.2 Å². The van der Waals surface area contributed by atoms with Crippen molar-refractivity contribution < 1.29 is 375 Å². The molecule has 21 heteroatoms. The molecule has 0 aliphatic carbocycles. The van der Waals surface area contributed by atoms with Gasteiger partial charge < -0.3 is 15.7 Å². The van der Waals surface area contributed by atoms with Crippen LogP contribution in [-0.4, -0.2) is 39.2 Å². The standard InChI is InChI=1S/2C12H26O4S.11Na.11H/c2*1-2-3-4-5-6-7-8-9-10-11-12-16-17(13,14)15;;;;;;;;;;;;;;;;;;;;;;/h2*2-12H2,1H3,(H,13,14,15);;;;;;;;;;;;;;;;;;;;;;/q;;11*+1;11*-1. The fourth-order valence-electron chi connectivity index (χ4n) is 3.51. The van der Waals surface area contributed by atoms with E-state index in [-0.39, 0.29) is 354 Å². The number of unbranched alkanes of at least 4 members (excludes halogenated alkanes) is 18. The van der Waals surface area contributed by atoms with Crippen LogP contribution < -0.4 is 325 Å². The van der Waals surface area contributed by atoms with Crippen LogP contribution in [-0.2, 0) is 29.2 Å². The molecule has 2 N–H and O–H groups in total. The van der Waals surface area contributed by atoms with Gasteiger partial charge in [-0.1, -0.05) is 129 Å². The van der Waals surface area contributed by atoms with Crippen molar-refractivity contribution in [2.75, 3.05) is 13.2 Å². The molecule has 0 saturated carbocycles. The van der Waals surface area contributed by atoms with Gasteiger partial charge in [-0.25, -0.2) is 8.37 Å². The van der Waals surface area contributed by atoms with Gasteiger partial charge in [-0.2, -0.15) is 16.8 Å². The second kappa shape index (κ2) is 72.4. The van der Waals surface area contributed by atoms with E-state index in [1.54, 1.807) is 0 Å². The van der Waals surface area contributed by atoms with Crippen LogP contribution in [0, 0.1) is 0 Å². The second-order valence-corrected chi connectivity index (χ2v) is 11.0. The monoisotopic (exact) mass is 796 g/mol. The molecule has 0 aliphatic heterocycles. The first-order chi connectivity index (χ1) is 16.1. The van der Waals surface area contributed by atoms with Gasteiger partial charge in [-0.3, -0.25) is 9.11 Å². The summed E-state index contributed by atoms with van der Waals surface area (Å²) in [5.74, 6) is 0. The average molecular weight is 797 g/mol. The van der Waals surface area contributed by atoms with Crippen molar-refractivity contribution in [2.24, 2.45) is 0 Å². The van der Waals surface area contributed by atoms with Crippen LogP contribution in [0.3, 0.4) is 0 Å². The molecular formula is C24H63Na11O8S2. The van der Waals surface area contributed by atoms with E-state index in [0.717, 1.165) is 25.7 Å². The molecule has 0 bridgehead atoms. The van der Waals surface area contributed by atoms with Crippen LogP contribution in [0.15, 0.2) is 0 Å². The molecule has 0 radical (unpaired) electrons. The third-order valence-electron chi connectivity index (χ3n) is 5.46. The molecule has 8 nitrogen and oxygen atoms in total. The third-order valence-corrected chi connectivity index (χ3v) is 6.39. The van der Waals surface area contributed by atoms with Gasteiger partial charge in [-0.05, 0) is 12.8 Å². The summed E-state index contributed by atoms with van der Waals surface area (Å²) in [6, 6.07) is 0. The fourth-order valence-corrected chi connectivity index (χ4v) is 4.16. The normalized spacial score (nSPS) is 8.98. The van der Waals surface area contributed by atoms with Crippen molar-refractivity contribution in [1.29, 1.82) is 0 Å². The molecule has 0 heterocycles. The summed E-state index contributed by atoms with van der Waals surface area (Å²) < 4.78 is 66.0. The molecule has 0 amide bonds. The van der Waals surface area contributed by atoms with E-state index in [9.17, 15) is 16.8 Å². The zero-order valence-electron chi connectivity index (χ0n) is 43.7. The van der Waals surface area contributed by atoms with Crippen molar-refractivity contribution in [2.45, 2.75) is 142 Å². The Bertz CT molecular complexity index is 629. The number of rotatable bonds is 24. The van der Waals surface area contributed by atoms with Gasteiger partial charge in [0.2, 0.25) is 0 Å². The van der Waals surface area contributed by atoms with Crippen molar-refractivity contribution in [1.82, 2.24) is 0 Å². The van der Waals surface area contributed by atoms with E-state index >= 15 is 0 Å². The maximum atomic E-state index is 10.2. The molecule has 0 rings (SSSR count). The molecule has 0 fully saturated rings. The van der Waals surface area contributed by atoms with Crippen LogP contribution in [0.2, 0.25) is 0 Å². The molecule has 0 aromatic rings. The van der Waals surface area contributed by atoms with Crippen LogP contribution in [0.1, 0.15) is 158 Å². The number of hydrogen-bond acceptors (Lipinski definition) is 6. The molecule has 0 spiro atoms. The second-order valence-electron chi connectivity index (χ2n) is 8.86. The topological polar surface area (TPSA) is 127 Å². The predicted octanol–water partition coefficient (Wildman–Crippen LogP) is -24.3. The Balaban J connectivity index is -0.0000000119. The predicted molar refractivity (Wildman–Crippen MR) is 151 cm³/mol. The summed E-state index contributed by atoms with van der Waals surface area (Å²) in [7, 11) is -8.47. The Kier molecular flexibility index (Phi) is 147. The zero-order chi connectivity index (χ0) is 26.0. The van der Waals surface area contributed by atoms with Crippen LogP contribution in [0.25, 0.3) is 0 Å². The van der Waals surface area contributed by atoms with E-state index in [1.807, 2.05) is 0 Å². The van der Waals surface area contributed by atoms with Gasteiger partial charge in [0, 0.05) is 0 Å². The van der Waals surface area contributed by atoms with E-state index in [4.69, 9.17) is 9.11 Å². The maximum absolute atomic E-state index is 10.2. The van der Waals surface area contributed by atoms with Crippen molar-refractivity contribution in [3.05, 3.63) is 0 Å². The van der Waals surface area contributed by atoms with Gasteiger partial charge in [0.15, 0.2) is 0 Å². The van der Waals surface area contributed by atoms with Gasteiger partial charge in [0.1, 0.15) is 0 Å². The Hall–Kier alpha value is 10.7. The van der Waals surface area contributed by atoms with Crippen molar-refractivity contribution in [3.8, 4) is 0 Å². The summed E-state index contributed by atoms with van der Waals surface area (Å²) in [5, 5.41) is 0. The summed E-state index contributed by atoms with van der Waals surface area (Å²) in [6.45, 7) is 4.62. The molecule has 45 heavy (non-hydrogen) atoms. The Labute approximate surface area is 539 Å². The maximum Gasteiger partial charge on any atom is 1.00 e. The van der Waals surface area contributed by atoms with Crippen LogP contribution >= 0.6 is 0 Å². The summed E-state index contributed by atoms with van der Waals surface area (Å²) in [4.78, 5) is 0. The van der Waals surface area contributed by atoms with E-state index < -0.39 is 20.8 Å². The Morgan fingerprint density at radius 1 is 0.356 bits per heavy atom. The van der Waals surface area contributed by atoms with Crippen LogP contribution in [0.4, 0.5) is 0 Å². The minimum absolute atomic E-state index is 0. The van der Waals surface area contributed by atoms with Gasteiger partial charge >= 0.3 is 346 Å². The quantitative estimate of drug-likeness (QED) is 0.0561. The summed E-state index contributed by atoms with van der Waals surface area (Å²) in [6.07, 6.45) is 23.7. The first-order valence-electron chi connectivity index (χ1n) is 13.4. The summed E-state index contributed by atoms with van der Waals surface area (Å²) >= 11 is 0. The average Bonchev–Trinajstić information content (AvgIpc) is 2.75. The molecule has 0 saturated heterocycles. The molecule has 0 atom stereocenters. The Morgan fingerprint density at radius 2 is 0.511 bits per heavy atom. The van der Waals surface area contributed by atoms with Gasteiger partial charge in [-0.15, -0.1) is 0 Å². The van der Waals surface area contributed by atoms with E-state index in [0.29, 0.717) is 12.8 Å². The summed E-state index contributed by atoms with van der Waals surface area (Å²) in [5.41, 5.74) is 0. The molecule has 230 valence electrons. The SMILES string of the molecule is CCCCCCCCCCCCOS(=O)(=O)O.CCCCCCCCCCCCOS(=O)(=O)O.[H-].[H-].[H-].[H-].[H-].[H-].[H-].[H-].[H-].[H-].[H-].[Na+].[Na+].[Na+].[Na+].[Na+].[Na+].[Na+].[Na+].[Na+].[Na+].[Na+]. The molecule has 0 aromatic carbocycles. The molecule has 0 aliphatic rings. The van der Waals surface area contributed by atoms with E-state index in [1.165, 1.54) is 89.9 Å². The largest absolute Gasteiger partial charge is 1.00 e. The fraction of sp³-hybridized carbons (Fsp3) is 1.00. The molecule has 0 aromatic heterocycles. The minimum Gasteiger partial charge on any atom is -1.00 e. The minimum atomic E-state index is -4.23. The Morgan fingerprint density at radius 3 is 0.667 bits per heavy atom. The van der Waals surface area contributed by atoms with Gasteiger partial charge in [0.25, 0.3) is 0 Å². The van der Waals surface area contributed by atoms with Crippen LogP contribution in [0.5, 0.6) is 0 Å². The third kappa shape index (κ3) is 101. The van der Waals surface area contributed by atoms with Crippen molar-refractivity contribution >= 4 is 20.8 Å². The first kappa shape index (κ1) is 91.4. The first-order valence-corrected chi connectivity index (χ1v) is 16.1. The molecular weight excluding hydrogens is 733 g/mol. The van der Waals surface area contributed by atoms with Crippen molar-refractivity contribution in [3.63, 3.8) is 0 Å². The smallest absolute Gasteiger partial charge is 1.00 e. The molecule has 0 unspecified atom stereocenters. The zero-order valence-corrected chi connectivity index (χ0v) is 56.3. The van der Waals surface area contributed by atoms with E-state index in [2.05, 4.69) is 22.2 Å². The number of hydrogen-bond donors (Lipinski definition) is 2.